The molecule has 2 rings (SSSR count). The van der Waals surface area contributed by atoms with Gasteiger partial charge in [0.25, 0.3) is 0 Å². The van der Waals surface area contributed by atoms with Crippen LogP contribution in [0.2, 0.25) is 5.15 Å². The number of likely N-dealkylation sites (N-methyl/N-ethyl adjacent to an activating group) is 1. The van der Waals surface area contributed by atoms with E-state index in [0.29, 0.717) is 11.8 Å². The third-order valence-electron chi connectivity index (χ3n) is 3.65. The average Bonchev–Trinajstić information content (AvgIpc) is 2.94. The fourth-order valence-corrected chi connectivity index (χ4v) is 3.21. The number of hydrogen-bond acceptors (Lipinski definition) is 2. The zero-order valence-corrected chi connectivity index (χ0v) is 12.6. The van der Waals surface area contributed by atoms with E-state index in [4.69, 9.17) is 28.3 Å². The van der Waals surface area contributed by atoms with E-state index < -0.39 is 0 Å². The minimum absolute atomic E-state index is 0.465. The number of aromatic nitrogens is 2. The smallest absolute Gasteiger partial charge is 0.131 e. The largest absolute Gasteiger partial charge is 0.308 e. The van der Waals surface area contributed by atoms with Crippen LogP contribution in [-0.4, -0.2) is 35.3 Å². The monoisotopic (exact) mass is 289 g/mol. The Morgan fingerprint density at radius 2 is 2.00 bits per heavy atom. The highest BCUT2D eigenvalue weighted by Crippen LogP contribution is 2.37. The molecule has 0 aliphatic heterocycles. The molecule has 1 aromatic rings. The first-order valence-corrected chi connectivity index (χ1v) is 7.50. The predicted octanol–water partition coefficient (Wildman–Crippen LogP) is 3.49. The van der Waals surface area contributed by atoms with Gasteiger partial charge in [-0.1, -0.05) is 24.4 Å². The van der Waals surface area contributed by atoms with Crippen molar-refractivity contribution in [3.05, 3.63) is 16.4 Å². The summed E-state index contributed by atoms with van der Waals surface area (Å²) in [6, 6.07) is 0. The molecule has 1 heterocycles. The zero-order chi connectivity index (χ0) is 13.1. The van der Waals surface area contributed by atoms with E-state index in [0.717, 1.165) is 29.5 Å². The van der Waals surface area contributed by atoms with Gasteiger partial charge in [0.05, 0.1) is 18.1 Å². The van der Waals surface area contributed by atoms with Crippen molar-refractivity contribution in [1.82, 2.24) is 14.7 Å². The number of halogens is 2. The van der Waals surface area contributed by atoms with Crippen molar-refractivity contribution in [3.8, 4) is 0 Å². The Kier molecular flexibility index (Phi) is 4.93. The summed E-state index contributed by atoms with van der Waals surface area (Å²) < 4.78 is 1.91. The Balaban J connectivity index is 2.20. The first kappa shape index (κ1) is 14.2. The van der Waals surface area contributed by atoms with Gasteiger partial charge in [-0.05, 0) is 26.9 Å². The van der Waals surface area contributed by atoms with Gasteiger partial charge in [0.1, 0.15) is 5.15 Å². The Morgan fingerprint density at radius 3 is 2.56 bits per heavy atom. The van der Waals surface area contributed by atoms with Crippen molar-refractivity contribution in [2.24, 2.45) is 0 Å². The van der Waals surface area contributed by atoms with Crippen molar-refractivity contribution in [1.29, 1.82) is 0 Å². The van der Waals surface area contributed by atoms with Gasteiger partial charge in [0.2, 0.25) is 0 Å². The first-order valence-electron chi connectivity index (χ1n) is 6.59. The molecule has 0 atom stereocenters. The van der Waals surface area contributed by atoms with Gasteiger partial charge in [-0.2, -0.15) is 5.10 Å². The van der Waals surface area contributed by atoms with E-state index in [1.165, 1.54) is 25.7 Å². The van der Waals surface area contributed by atoms with Gasteiger partial charge in [0, 0.05) is 18.0 Å². The third-order valence-corrected chi connectivity index (χ3v) is 4.34. The summed E-state index contributed by atoms with van der Waals surface area (Å²) >= 11 is 12.4. The van der Waals surface area contributed by atoms with Crippen molar-refractivity contribution in [3.63, 3.8) is 0 Å². The molecule has 0 N–H and O–H groups in total. The van der Waals surface area contributed by atoms with Crippen molar-refractivity contribution >= 4 is 23.2 Å². The lowest BCUT2D eigenvalue weighted by Gasteiger charge is -2.10. The second kappa shape index (κ2) is 6.27. The van der Waals surface area contributed by atoms with E-state index in [9.17, 15) is 0 Å². The fraction of sp³-hybridized carbons (Fsp3) is 0.769. The van der Waals surface area contributed by atoms with Crippen LogP contribution in [0.1, 0.15) is 42.9 Å². The standard InChI is InChI=1S/C13H21Cl2N3/c1-17(2)7-8-18-13(15)11(9-14)12(16-18)10-5-3-4-6-10/h10H,3-9H2,1-2H3. The van der Waals surface area contributed by atoms with Crippen molar-refractivity contribution < 1.29 is 0 Å². The SMILES string of the molecule is CN(C)CCn1nc(C2CCCC2)c(CCl)c1Cl. The van der Waals surface area contributed by atoms with E-state index >= 15 is 0 Å². The molecule has 0 amide bonds. The van der Waals surface area contributed by atoms with Gasteiger partial charge >= 0.3 is 0 Å². The molecule has 0 unspecified atom stereocenters. The quantitative estimate of drug-likeness (QED) is 0.774. The molecule has 102 valence electrons. The molecule has 0 radical (unpaired) electrons. The highest BCUT2D eigenvalue weighted by Gasteiger charge is 2.25. The minimum atomic E-state index is 0.465. The second-order valence-electron chi connectivity index (χ2n) is 5.30. The first-order chi connectivity index (χ1) is 8.63. The molecule has 1 aromatic heterocycles. The third kappa shape index (κ3) is 3.01. The number of rotatable bonds is 5. The minimum Gasteiger partial charge on any atom is -0.308 e. The molecule has 1 saturated carbocycles. The van der Waals surface area contributed by atoms with E-state index in [2.05, 4.69) is 19.0 Å². The number of nitrogens with zero attached hydrogens (tertiary/aromatic N) is 3. The Morgan fingerprint density at radius 1 is 1.33 bits per heavy atom. The molecule has 0 aromatic carbocycles. The Bertz CT molecular complexity index is 395. The van der Waals surface area contributed by atoms with Crippen LogP contribution >= 0.6 is 23.2 Å². The lowest BCUT2D eigenvalue weighted by Crippen LogP contribution is -2.19. The summed E-state index contributed by atoms with van der Waals surface area (Å²) in [6.07, 6.45) is 5.05. The van der Waals surface area contributed by atoms with Crippen LogP contribution in [0.25, 0.3) is 0 Å². The zero-order valence-electron chi connectivity index (χ0n) is 11.1. The topological polar surface area (TPSA) is 21.1 Å². The second-order valence-corrected chi connectivity index (χ2v) is 5.92. The lowest BCUT2D eigenvalue weighted by molar-refractivity contribution is 0.372. The van der Waals surface area contributed by atoms with Gasteiger partial charge in [-0.3, -0.25) is 4.68 Å². The van der Waals surface area contributed by atoms with Crippen LogP contribution in [0.3, 0.4) is 0 Å². The molecule has 3 nitrogen and oxygen atoms in total. The summed E-state index contributed by atoms with van der Waals surface area (Å²) in [4.78, 5) is 2.13. The van der Waals surface area contributed by atoms with E-state index in [-0.39, 0.29) is 0 Å². The van der Waals surface area contributed by atoms with Crippen LogP contribution in [0.15, 0.2) is 0 Å². The maximum Gasteiger partial charge on any atom is 0.131 e. The molecule has 5 heteroatoms. The Labute approximate surface area is 119 Å². The summed E-state index contributed by atoms with van der Waals surface area (Å²) in [5.74, 6) is 1.03. The normalized spacial score (nSPS) is 16.9. The molecule has 0 spiro atoms. The van der Waals surface area contributed by atoms with Crippen LogP contribution < -0.4 is 0 Å². The van der Waals surface area contributed by atoms with Crippen molar-refractivity contribution in [2.75, 3.05) is 20.6 Å². The lowest BCUT2D eigenvalue weighted by atomic mass is 10.0. The fourth-order valence-electron chi connectivity index (χ4n) is 2.59. The van der Waals surface area contributed by atoms with E-state index in [1.807, 2.05) is 4.68 Å². The highest BCUT2D eigenvalue weighted by atomic mass is 35.5. The molecule has 1 aliphatic rings. The van der Waals surface area contributed by atoms with E-state index in [1.54, 1.807) is 0 Å². The molecule has 18 heavy (non-hydrogen) atoms. The van der Waals surface area contributed by atoms with Crippen LogP contribution in [0, 0.1) is 0 Å². The maximum atomic E-state index is 6.39. The number of hydrogen-bond donors (Lipinski definition) is 0. The molecule has 1 fully saturated rings. The summed E-state index contributed by atoms with van der Waals surface area (Å²) in [7, 11) is 4.11. The summed E-state index contributed by atoms with van der Waals surface area (Å²) in [6.45, 7) is 1.76. The molecular weight excluding hydrogens is 269 g/mol. The average molecular weight is 290 g/mol. The van der Waals surface area contributed by atoms with Gasteiger partial charge < -0.3 is 4.90 Å². The molecular formula is C13H21Cl2N3. The van der Waals surface area contributed by atoms with Crippen molar-refractivity contribution in [2.45, 2.75) is 44.0 Å². The Hall–Kier alpha value is -0.250. The van der Waals surface area contributed by atoms with Crippen LogP contribution in [0.4, 0.5) is 0 Å². The number of alkyl halides is 1. The van der Waals surface area contributed by atoms with Gasteiger partial charge in [0.15, 0.2) is 0 Å². The predicted molar refractivity (Wildman–Crippen MR) is 76.6 cm³/mol. The van der Waals surface area contributed by atoms with Crippen LogP contribution in [0.5, 0.6) is 0 Å². The summed E-state index contributed by atoms with van der Waals surface area (Å²) in [5.41, 5.74) is 2.19. The van der Waals surface area contributed by atoms with Gasteiger partial charge in [-0.15, -0.1) is 11.6 Å². The highest BCUT2D eigenvalue weighted by molar-refractivity contribution is 6.31. The van der Waals surface area contributed by atoms with Gasteiger partial charge in [-0.25, -0.2) is 0 Å². The van der Waals surface area contributed by atoms with Crippen LogP contribution in [-0.2, 0) is 12.4 Å². The molecule has 1 aliphatic carbocycles. The maximum absolute atomic E-state index is 6.39. The summed E-state index contributed by atoms with van der Waals surface area (Å²) in [5, 5.41) is 5.44. The molecule has 0 saturated heterocycles. The molecule has 0 bridgehead atoms.